The fourth-order valence-electron chi connectivity index (χ4n) is 3.97. The molecule has 0 aromatic carbocycles. The molecule has 3 unspecified atom stereocenters. The zero-order valence-electron chi connectivity index (χ0n) is 11.6. The molecule has 3 saturated heterocycles. The number of morpholine rings is 1. The maximum absolute atomic E-state index is 12.6. The number of fused-ring (bicyclic) bond motifs is 2. The van der Waals surface area contributed by atoms with E-state index in [1.54, 1.807) is 0 Å². The van der Waals surface area contributed by atoms with Crippen molar-refractivity contribution in [2.45, 2.75) is 50.2 Å². The molecule has 0 aliphatic carbocycles. The summed E-state index contributed by atoms with van der Waals surface area (Å²) in [4.78, 5) is 25.5. The van der Waals surface area contributed by atoms with Crippen LogP contribution >= 0.6 is 0 Å². The lowest BCUT2D eigenvalue weighted by Gasteiger charge is -2.41. The molecule has 3 atom stereocenters. The molecular weight excluding hydrogens is 260 g/mol. The summed E-state index contributed by atoms with van der Waals surface area (Å²) < 4.78 is 5.37. The molecule has 112 valence electrons. The lowest BCUT2D eigenvalue weighted by atomic mass is 9.88. The summed E-state index contributed by atoms with van der Waals surface area (Å²) in [5.74, 6) is -0.355. The predicted molar refractivity (Wildman–Crippen MR) is 71.2 cm³/mol. The van der Waals surface area contributed by atoms with Gasteiger partial charge in [0.25, 0.3) is 0 Å². The quantitative estimate of drug-likeness (QED) is 0.774. The third-order valence-corrected chi connectivity index (χ3v) is 4.77. The van der Waals surface area contributed by atoms with E-state index in [0.29, 0.717) is 13.2 Å². The average molecular weight is 282 g/mol. The number of rotatable bonds is 3. The molecule has 0 saturated carbocycles. The summed E-state index contributed by atoms with van der Waals surface area (Å²) in [5, 5.41) is 12.1. The van der Waals surface area contributed by atoms with Gasteiger partial charge in [-0.1, -0.05) is 0 Å². The van der Waals surface area contributed by atoms with E-state index >= 15 is 0 Å². The first-order chi connectivity index (χ1) is 9.65. The predicted octanol–water partition coefficient (Wildman–Crippen LogP) is 0.219. The molecule has 2 bridgehead atoms. The van der Waals surface area contributed by atoms with Crippen LogP contribution in [0.4, 0.5) is 0 Å². The Hall–Kier alpha value is -1.14. The number of nitrogens with zero attached hydrogens (tertiary/aromatic N) is 1. The fraction of sp³-hybridized carbons (Fsp3) is 0.857. The number of nitrogens with one attached hydrogen (secondary N) is 1. The van der Waals surface area contributed by atoms with Crippen molar-refractivity contribution in [3.8, 4) is 0 Å². The lowest BCUT2D eigenvalue weighted by Crippen LogP contribution is -2.57. The van der Waals surface area contributed by atoms with Crippen LogP contribution < -0.4 is 5.32 Å². The number of hydrogen-bond donors (Lipinski definition) is 2. The lowest BCUT2D eigenvalue weighted by molar-refractivity contribution is -0.142. The van der Waals surface area contributed by atoms with Crippen LogP contribution in [0.1, 0.15) is 32.1 Å². The number of amides is 1. The van der Waals surface area contributed by atoms with E-state index in [2.05, 4.69) is 5.32 Å². The summed E-state index contributed by atoms with van der Waals surface area (Å²) in [6.45, 7) is 1.84. The van der Waals surface area contributed by atoms with Crippen molar-refractivity contribution in [3.63, 3.8) is 0 Å². The minimum absolute atomic E-state index is 0.144. The Bertz CT molecular complexity index is 381. The SMILES string of the molecule is O=C(O)CC1CC2CCC(C1)N2C(=O)C1COCCN1. The van der Waals surface area contributed by atoms with Gasteiger partial charge < -0.3 is 20.1 Å². The first-order valence-electron chi connectivity index (χ1n) is 7.50. The van der Waals surface area contributed by atoms with Crippen LogP contribution in [0.15, 0.2) is 0 Å². The Morgan fingerprint density at radius 1 is 1.25 bits per heavy atom. The second-order valence-electron chi connectivity index (χ2n) is 6.15. The third-order valence-electron chi connectivity index (χ3n) is 4.77. The van der Waals surface area contributed by atoms with Gasteiger partial charge in [-0.25, -0.2) is 0 Å². The number of hydrogen-bond acceptors (Lipinski definition) is 4. The molecule has 3 heterocycles. The Labute approximate surface area is 118 Å². The average Bonchev–Trinajstić information content (AvgIpc) is 2.70. The standard InChI is InChI=1S/C14H22N2O4/c17-13(18)7-9-5-10-1-2-11(6-9)16(10)14(19)12-8-20-4-3-15-12/h9-12,15H,1-8H2,(H,17,18). The molecule has 0 aromatic heterocycles. The Morgan fingerprint density at radius 2 is 1.95 bits per heavy atom. The van der Waals surface area contributed by atoms with Crippen LogP contribution in [-0.4, -0.2) is 59.8 Å². The first kappa shape index (κ1) is 13.8. The van der Waals surface area contributed by atoms with Gasteiger partial charge in [0, 0.05) is 25.0 Å². The zero-order chi connectivity index (χ0) is 14.1. The molecule has 3 rings (SSSR count). The van der Waals surface area contributed by atoms with Crippen molar-refractivity contribution in [3.05, 3.63) is 0 Å². The number of carboxylic acids is 1. The molecular formula is C14H22N2O4. The summed E-state index contributed by atoms with van der Waals surface area (Å²) in [6, 6.07) is 0.242. The highest BCUT2D eigenvalue weighted by Crippen LogP contribution is 2.40. The van der Waals surface area contributed by atoms with E-state index < -0.39 is 5.97 Å². The highest BCUT2D eigenvalue weighted by atomic mass is 16.5. The van der Waals surface area contributed by atoms with Crippen LogP contribution in [0.3, 0.4) is 0 Å². The van der Waals surface area contributed by atoms with Gasteiger partial charge in [0.15, 0.2) is 0 Å². The van der Waals surface area contributed by atoms with Crippen LogP contribution in [0, 0.1) is 5.92 Å². The number of piperidine rings is 1. The highest BCUT2D eigenvalue weighted by Gasteiger charge is 2.45. The van der Waals surface area contributed by atoms with E-state index in [1.807, 2.05) is 4.90 Å². The minimum Gasteiger partial charge on any atom is -0.481 e. The van der Waals surface area contributed by atoms with Gasteiger partial charge in [-0.15, -0.1) is 0 Å². The number of ether oxygens (including phenoxy) is 1. The number of aliphatic carboxylic acids is 1. The van der Waals surface area contributed by atoms with E-state index in [-0.39, 0.29) is 36.4 Å². The van der Waals surface area contributed by atoms with Crippen molar-refractivity contribution in [1.29, 1.82) is 0 Å². The normalized spacial score (nSPS) is 36.9. The van der Waals surface area contributed by atoms with Crippen molar-refractivity contribution >= 4 is 11.9 Å². The summed E-state index contributed by atoms with van der Waals surface area (Å²) in [5.41, 5.74) is 0. The Balaban J connectivity index is 1.64. The maximum Gasteiger partial charge on any atom is 0.303 e. The van der Waals surface area contributed by atoms with Gasteiger partial charge in [0.1, 0.15) is 6.04 Å². The van der Waals surface area contributed by atoms with Crippen molar-refractivity contribution in [2.75, 3.05) is 19.8 Å². The second-order valence-corrected chi connectivity index (χ2v) is 6.15. The molecule has 0 radical (unpaired) electrons. The minimum atomic E-state index is -0.725. The van der Waals surface area contributed by atoms with Gasteiger partial charge in [0.2, 0.25) is 5.91 Å². The molecule has 2 N–H and O–H groups in total. The number of carbonyl (C=O) groups is 2. The molecule has 3 aliphatic heterocycles. The van der Waals surface area contributed by atoms with Gasteiger partial charge >= 0.3 is 5.97 Å². The molecule has 6 nitrogen and oxygen atoms in total. The van der Waals surface area contributed by atoms with Crippen molar-refractivity contribution < 1.29 is 19.4 Å². The van der Waals surface area contributed by atoms with Crippen LogP contribution in [0.25, 0.3) is 0 Å². The highest BCUT2D eigenvalue weighted by molar-refractivity contribution is 5.83. The van der Waals surface area contributed by atoms with E-state index in [4.69, 9.17) is 9.84 Å². The van der Waals surface area contributed by atoms with Gasteiger partial charge in [-0.3, -0.25) is 9.59 Å². The molecule has 6 heteroatoms. The zero-order valence-corrected chi connectivity index (χ0v) is 11.6. The molecule has 1 amide bonds. The number of carbonyl (C=O) groups excluding carboxylic acids is 1. The maximum atomic E-state index is 12.6. The first-order valence-corrected chi connectivity index (χ1v) is 7.50. The van der Waals surface area contributed by atoms with Gasteiger partial charge in [-0.05, 0) is 31.6 Å². The summed E-state index contributed by atoms with van der Waals surface area (Å²) >= 11 is 0. The molecule has 3 fully saturated rings. The van der Waals surface area contributed by atoms with Crippen LogP contribution in [0.2, 0.25) is 0 Å². The largest absolute Gasteiger partial charge is 0.481 e. The van der Waals surface area contributed by atoms with Crippen molar-refractivity contribution in [1.82, 2.24) is 10.2 Å². The monoisotopic (exact) mass is 282 g/mol. The van der Waals surface area contributed by atoms with E-state index in [9.17, 15) is 9.59 Å². The van der Waals surface area contributed by atoms with Crippen LogP contribution in [-0.2, 0) is 14.3 Å². The van der Waals surface area contributed by atoms with E-state index in [0.717, 1.165) is 32.2 Å². The number of carboxylic acid groups (broad SMARTS) is 1. The fourth-order valence-corrected chi connectivity index (χ4v) is 3.97. The smallest absolute Gasteiger partial charge is 0.303 e. The Morgan fingerprint density at radius 3 is 2.50 bits per heavy atom. The van der Waals surface area contributed by atoms with Gasteiger partial charge in [-0.2, -0.15) is 0 Å². The molecule has 0 spiro atoms. The molecule has 20 heavy (non-hydrogen) atoms. The summed E-state index contributed by atoms with van der Waals surface area (Å²) in [6.07, 6.45) is 3.93. The molecule has 3 aliphatic rings. The van der Waals surface area contributed by atoms with Crippen molar-refractivity contribution in [2.24, 2.45) is 5.92 Å². The van der Waals surface area contributed by atoms with E-state index in [1.165, 1.54) is 0 Å². The third kappa shape index (κ3) is 2.67. The summed E-state index contributed by atoms with van der Waals surface area (Å²) in [7, 11) is 0. The molecule has 0 aromatic rings. The van der Waals surface area contributed by atoms with Crippen LogP contribution in [0.5, 0.6) is 0 Å². The Kier molecular flexibility index (Phi) is 3.94. The van der Waals surface area contributed by atoms with Gasteiger partial charge in [0.05, 0.1) is 13.2 Å². The second kappa shape index (κ2) is 5.69. The topological polar surface area (TPSA) is 78.9 Å².